The molecular weight excluding hydrogens is 853 g/mol. The smallest absolute Gasteiger partial charge is 1.00 e. The molecule has 0 aromatic heterocycles. The summed E-state index contributed by atoms with van der Waals surface area (Å²) in [5.74, 6) is 0. The quantitative estimate of drug-likeness (QED) is 0.103. The van der Waals surface area contributed by atoms with Gasteiger partial charge in [-0.1, -0.05) is 105 Å². The molecule has 0 spiro atoms. The zero-order valence-corrected chi connectivity index (χ0v) is 41.3. The van der Waals surface area contributed by atoms with E-state index in [2.05, 4.69) is 97.1 Å². The molecule has 0 amide bonds. The Kier molecular flexibility index (Phi) is 25.9. The standard InChI is InChI=1S/2C21H28P.2C5H5.2ClH.2Ti/c2*1-3-11-19(12-4-1)22(20-13-5-2-6-14-20)21-15-17-9-7-8-10-18(17)16-21;2*1-2-4-5-3-1;;;;/h2*7-10,15-16,19-20H,1-6,11-14H2;2*1-3H,4H2;2*1H;;/q4*-1;;;2*+2/p-2. The fourth-order valence-electron chi connectivity index (χ4n) is 10.1. The molecule has 4 saturated carbocycles. The first-order valence-electron chi connectivity index (χ1n) is 22.1. The Morgan fingerprint density at radius 1 is 0.431 bits per heavy atom. The van der Waals surface area contributed by atoms with Crippen molar-refractivity contribution in [3.05, 3.63) is 121 Å². The molecule has 4 fully saturated rings. The Hall–Kier alpha value is -0.511. The van der Waals surface area contributed by atoms with Crippen molar-refractivity contribution in [3.63, 3.8) is 0 Å². The van der Waals surface area contributed by atoms with Crippen LogP contribution < -0.4 is 35.4 Å². The van der Waals surface area contributed by atoms with E-state index >= 15 is 0 Å². The number of halogens is 2. The van der Waals surface area contributed by atoms with Gasteiger partial charge >= 0.3 is 43.4 Å². The Bertz CT molecular complexity index is 1540. The van der Waals surface area contributed by atoms with Gasteiger partial charge in [-0.3, -0.25) is 12.2 Å². The van der Waals surface area contributed by atoms with Crippen LogP contribution in [0.15, 0.2) is 109 Å². The van der Waals surface area contributed by atoms with Gasteiger partial charge < -0.3 is 24.8 Å². The second kappa shape index (κ2) is 29.0. The van der Waals surface area contributed by atoms with Crippen molar-refractivity contribution in [2.75, 3.05) is 0 Å². The minimum atomic E-state index is 0. The maximum Gasteiger partial charge on any atom is 2.00 e. The van der Waals surface area contributed by atoms with Gasteiger partial charge in [-0.2, -0.15) is 24.3 Å². The van der Waals surface area contributed by atoms with Crippen molar-refractivity contribution in [2.24, 2.45) is 0 Å². The molecule has 0 saturated heterocycles. The largest absolute Gasteiger partial charge is 2.00 e. The van der Waals surface area contributed by atoms with Crippen LogP contribution in [0.5, 0.6) is 0 Å². The van der Waals surface area contributed by atoms with E-state index < -0.39 is 0 Å². The van der Waals surface area contributed by atoms with E-state index in [9.17, 15) is 0 Å². The van der Waals surface area contributed by atoms with Gasteiger partial charge in [0.05, 0.1) is 0 Å². The van der Waals surface area contributed by atoms with Crippen LogP contribution in [0.4, 0.5) is 0 Å². The fourth-order valence-corrected chi connectivity index (χ4v) is 17.8. The van der Waals surface area contributed by atoms with Crippen LogP contribution in [0.25, 0.3) is 21.5 Å². The van der Waals surface area contributed by atoms with E-state index in [1.54, 1.807) is 10.6 Å². The summed E-state index contributed by atoms with van der Waals surface area (Å²) in [4.78, 5) is 0. The molecule has 0 nitrogen and oxygen atoms in total. The molecule has 10 rings (SSSR count). The first-order valence-corrected chi connectivity index (χ1v) is 25.1. The first kappa shape index (κ1) is 51.8. The van der Waals surface area contributed by atoms with E-state index in [1.165, 1.54) is 150 Å². The number of fused-ring (bicyclic) bond motifs is 2. The minimum Gasteiger partial charge on any atom is -1.00 e. The topological polar surface area (TPSA) is 0 Å². The van der Waals surface area contributed by atoms with Gasteiger partial charge in [0, 0.05) is 0 Å². The minimum absolute atomic E-state index is 0. The van der Waals surface area contributed by atoms with Crippen LogP contribution in [-0.2, 0) is 43.4 Å². The van der Waals surface area contributed by atoms with Crippen molar-refractivity contribution in [3.8, 4) is 0 Å². The van der Waals surface area contributed by atoms with Crippen molar-refractivity contribution in [1.82, 2.24) is 0 Å². The van der Waals surface area contributed by atoms with Gasteiger partial charge in [0.25, 0.3) is 0 Å². The summed E-state index contributed by atoms with van der Waals surface area (Å²) < 4.78 is 0. The number of hydrogen-bond acceptors (Lipinski definition) is 0. The number of rotatable bonds is 6. The van der Waals surface area contributed by atoms with Crippen molar-refractivity contribution < 1.29 is 68.2 Å². The third kappa shape index (κ3) is 15.4. The summed E-state index contributed by atoms with van der Waals surface area (Å²) in [6.07, 6.45) is 49.8. The van der Waals surface area contributed by atoms with Crippen LogP contribution in [-0.4, -0.2) is 22.6 Å². The molecule has 6 aliphatic rings. The summed E-state index contributed by atoms with van der Waals surface area (Å²) in [6, 6.07) is 28.1. The molecule has 0 aliphatic heterocycles. The zero-order valence-electron chi connectivity index (χ0n) is 34.9. The van der Waals surface area contributed by atoms with Crippen LogP contribution in [0.1, 0.15) is 141 Å². The third-order valence-electron chi connectivity index (χ3n) is 12.8. The molecule has 6 heteroatoms. The Labute approximate surface area is 398 Å². The van der Waals surface area contributed by atoms with Gasteiger partial charge in [-0.25, -0.2) is 24.3 Å². The van der Waals surface area contributed by atoms with Gasteiger partial charge in [-0.15, -0.1) is 93.5 Å². The van der Waals surface area contributed by atoms with Crippen molar-refractivity contribution >= 4 is 48.0 Å². The van der Waals surface area contributed by atoms with Gasteiger partial charge in [0.1, 0.15) is 0 Å². The Balaban J connectivity index is 0.000000237. The predicted octanol–water partition coefficient (Wildman–Crippen LogP) is 9.28. The second-order valence-corrected chi connectivity index (χ2v) is 22.3. The number of allylic oxidation sites excluding steroid dienone is 8. The predicted molar refractivity (Wildman–Crippen MR) is 243 cm³/mol. The Morgan fingerprint density at radius 3 is 0.983 bits per heavy atom. The normalized spacial score (nSPS) is 19.5. The Morgan fingerprint density at radius 2 is 0.741 bits per heavy atom. The average molecular weight is 920 g/mol. The average Bonchev–Trinajstić information content (AvgIpc) is 4.10. The van der Waals surface area contributed by atoms with E-state index in [1.807, 2.05) is 24.3 Å². The zero-order chi connectivity index (χ0) is 36.6. The van der Waals surface area contributed by atoms with E-state index in [0.717, 1.165) is 35.5 Å². The van der Waals surface area contributed by atoms with Crippen LogP contribution in [0, 0.1) is 12.2 Å². The molecule has 0 radical (unpaired) electrons. The van der Waals surface area contributed by atoms with Crippen LogP contribution >= 0.6 is 15.8 Å². The number of benzene rings is 2. The third-order valence-corrected chi connectivity index (χ3v) is 19.8. The summed E-state index contributed by atoms with van der Waals surface area (Å²) in [6.45, 7) is 0. The monoisotopic (exact) mass is 918 g/mol. The van der Waals surface area contributed by atoms with Crippen molar-refractivity contribution in [2.45, 2.75) is 164 Å². The molecule has 0 atom stereocenters. The van der Waals surface area contributed by atoms with Crippen molar-refractivity contribution in [1.29, 1.82) is 0 Å². The van der Waals surface area contributed by atoms with Gasteiger partial charge in [0.15, 0.2) is 0 Å². The molecule has 0 bridgehead atoms. The fraction of sp³-hybridized carbons (Fsp3) is 0.500. The SMILES string of the molecule is [C-]1=CC=CC1.[C-]1=CC=CC1.[Cl-].[Cl-].[Ti+2].[Ti+2].c1ccc2[cH-]c(P(C3CCCCC3)C3CCCCC3)cc2c1.c1ccc2[cH-]c(P(C3CCCCC3)C3CCCCC3)cc2c1. The summed E-state index contributed by atoms with van der Waals surface area (Å²) in [7, 11) is 0.122. The molecule has 4 aromatic carbocycles. The molecule has 308 valence electrons. The molecule has 0 heterocycles. The molecule has 0 unspecified atom stereocenters. The molecule has 58 heavy (non-hydrogen) atoms. The summed E-state index contributed by atoms with van der Waals surface area (Å²) in [5.41, 5.74) is 4.07. The summed E-state index contributed by atoms with van der Waals surface area (Å²) in [5, 5.41) is 9.34. The molecule has 0 N–H and O–H groups in total. The van der Waals surface area contributed by atoms with Crippen LogP contribution in [0.3, 0.4) is 0 Å². The van der Waals surface area contributed by atoms with Gasteiger partial charge in [-0.05, 0) is 74.0 Å². The maximum atomic E-state index is 2.99. The second-order valence-electron chi connectivity index (χ2n) is 16.7. The number of hydrogen-bond donors (Lipinski definition) is 0. The van der Waals surface area contributed by atoms with Crippen LogP contribution in [0.2, 0.25) is 0 Å². The first-order chi connectivity index (χ1) is 26.8. The van der Waals surface area contributed by atoms with E-state index in [0.29, 0.717) is 0 Å². The van der Waals surface area contributed by atoms with E-state index in [-0.39, 0.29) is 84.1 Å². The molecule has 6 aliphatic carbocycles. The molecule has 4 aromatic rings. The maximum absolute atomic E-state index is 2.99. The summed E-state index contributed by atoms with van der Waals surface area (Å²) >= 11 is 0. The van der Waals surface area contributed by atoms with Gasteiger partial charge in [0.2, 0.25) is 0 Å². The molecular formula is C52H66Cl2P2Ti2-2. The van der Waals surface area contributed by atoms with E-state index in [4.69, 9.17) is 0 Å².